The molecule has 0 amide bonds. The molecule has 0 radical (unpaired) electrons. The fraction of sp³-hybridized carbons (Fsp3) is 0. The highest BCUT2D eigenvalue weighted by molar-refractivity contribution is 7.15. The Hall–Kier alpha value is -1.43. The number of fused-ring (bicyclic) bond motifs is 1. The van der Waals surface area contributed by atoms with Crippen LogP contribution in [0, 0.1) is 0 Å². The van der Waals surface area contributed by atoms with E-state index in [0.717, 1.165) is 5.56 Å². The number of halogens is 2. The molecule has 2 aromatic heterocycles. The number of nitrogens with zero attached hydrogens (tertiary/aromatic N) is 3. The van der Waals surface area contributed by atoms with Gasteiger partial charge in [-0.3, -0.25) is 4.79 Å². The summed E-state index contributed by atoms with van der Waals surface area (Å²) in [7, 11) is 0. The average Bonchev–Trinajstić information content (AvgIpc) is 2.89. The van der Waals surface area contributed by atoms with Crippen LogP contribution >= 0.6 is 34.5 Å². The minimum Gasteiger partial charge on any atom is -0.266 e. The summed E-state index contributed by atoms with van der Waals surface area (Å²) in [6.45, 7) is 0. The Kier molecular flexibility index (Phi) is 2.81. The summed E-state index contributed by atoms with van der Waals surface area (Å²) in [5.74, 6) is 0. The van der Waals surface area contributed by atoms with Crippen LogP contribution in [-0.4, -0.2) is 14.6 Å². The maximum absolute atomic E-state index is 11.9. The zero-order valence-corrected chi connectivity index (χ0v) is 11.1. The highest BCUT2D eigenvalue weighted by atomic mass is 35.5. The van der Waals surface area contributed by atoms with Crippen LogP contribution in [0.1, 0.15) is 5.56 Å². The second-order valence-electron chi connectivity index (χ2n) is 3.54. The molecule has 0 saturated heterocycles. The van der Waals surface area contributed by atoms with Crippen molar-refractivity contribution in [2.24, 2.45) is 0 Å². The zero-order chi connectivity index (χ0) is 12.7. The molecule has 0 aliphatic heterocycles. The Balaban J connectivity index is 2.21. The van der Waals surface area contributed by atoms with Gasteiger partial charge >= 0.3 is 0 Å². The van der Waals surface area contributed by atoms with E-state index in [2.05, 4.69) is 10.1 Å². The number of hydrogen-bond acceptors (Lipinski definition) is 4. The number of thiazole rings is 1. The first-order chi connectivity index (χ1) is 8.65. The molecular formula is C11H5Cl2N3OS. The van der Waals surface area contributed by atoms with Crippen molar-refractivity contribution in [3.8, 4) is 0 Å². The maximum Gasteiger partial charge on any atom is 0.291 e. The molecule has 0 aliphatic rings. The molecule has 90 valence electrons. The smallest absolute Gasteiger partial charge is 0.266 e. The van der Waals surface area contributed by atoms with Crippen molar-refractivity contribution in [1.82, 2.24) is 14.6 Å². The largest absolute Gasteiger partial charge is 0.291 e. The van der Waals surface area contributed by atoms with Crippen LogP contribution in [0.3, 0.4) is 0 Å². The van der Waals surface area contributed by atoms with Crippen LogP contribution in [0.4, 0.5) is 0 Å². The molecule has 7 heteroatoms. The van der Waals surface area contributed by atoms with E-state index in [1.165, 1.54) is 22.2 Å². The van der Waals surface area contributed by atoms with Crippen molar-refractivity contribution in [2.45, 2.75) is 0 Å². The van der Waals surface area contributed by atoms with E-state index in [1.807, 2.05) is 0 Å². The summed E-state index contributed by atoms with van der Waals surface area (Å²) in [4.78, 5) is 16.5. The molecule has 0 bridgehead atoms. The molecule has 3 rings (SSSR count). The molecule has 18 heavy (non-hydrogen) atoms. The van der Waals surface area contributed by atoms with E-state index < -0.39 is 0 Å². The van der Waals surface area contributed by atoms with Gasteiger partial charge in [-0.2, -0.15) is 9.61 Å². The second kappa shape index (κ2) is 4.35. The van der Waals surface area contributed by atoms with E-state index in [9.17, 15) is 4.79 Å². The van der Waals surface area contributed by atoms with Crippen molar-refractivity contribution in [3.63, 3.8) is 0 Å². The number of aromatic nitrogens is 3. The molecule has 0 N–H and O–H groups in total. The zero-order valence-electron chi connectivity index (χ0n) is 8.80. The van der Waals surface area contributed by atoms with E-state index in [-0.39, 0.29) is 5.56 Å². The number of rotatable bonds is 1. The fourth-order valence-corrected chi connectivity index (χ4v) is 2.72. The Morgan fingerprint density at radius 2 is 2.11 bits per heavy atom. The van der Waals surface area contributed by atoms with Gasteiger partial charge in [-0.05, 0) is 23.8 Å². The summed E-state index contributed by atoms with van der Waals surface area (Å²) in [6.07, 6.45) is 3.10. The van der Waals surface area contributed by atoms with Crippen molar-refractivity contribution in [3.05, 3.63) is 55.0 Å². The third-order valence-electron chi connectivity index (χ3n) is 2.36. The van der Waals surface area contributed by atoms with Crippen molar-refractivity contribution >= 4 is 45.6 Å². The lowest BCUT2D eigenvalue weighted by Gasteiger charge is -1.96. The third kappa shape index (κ3) is 1.90. The van der Waals surface area contributed by atoms with Gasteiger partial charge in [0.1, 0.15) is 6.33 Å². The highest BCUT2D eigenvalue weighted by Crippen LogP contribution is 2.22. The first-order valence-corrected chi connectivity index (χ1v) is 6.52. The molecule has 1 aromatic carbocycles. The Morgan fingerprint density at radius 3 is 2.83 bits per heavy atom. The van der Waals surface area contributed by atoms with Gasteiger partial charge in [0.05, 0.1) is 14.6 Å². The van der Waals surface area contributed by atoms with Gasteiger partial charge in [-0.25, -0.2) is 4.98 Å². The third-order valence-corrected chi connectivity index (χ3v) is 4.07. The van der Waals surface area contributed by atoms with E-state index in [1.54, 1.807) is 24.3 Å². The quantitative estimate of drug-likeness (QED) is 0.690. The minimum atomic E-state index is -0.182. The molecule has 0 aliphatic carbocycles. The van der Waals surface area contributed by atoms with E-state index in [0.29, 0.717) is 19.5 Å². The standard InChI is InChI=1S/C11H5Cl2N3OS/c12-7-2-1-6(3-8(7)13)4-9-10(17)16-11(18-9)14-5-15-16/h1-5H/b9-4+. The lowest BCUT2D eigenvalue weighted by Crippen LogP contribution is -2.23. The monoisotopic (exact) mass is 297 g/mol. The van der Waals surface area contributed by atoms with Gasteiger partial charge in [0.15, 0.2) is 0 Å². The maximum atomic E-state index is 11.9. The fourth-order valence-electron chi connectivity index (χ4n) is 1.53. The molecule has 0 fully saturated rings. The number of benzene rings is 1. The molecule has 0 atom stereocenters. The summed E-state index contributed by atoms with van der Waals surface area (Å²) >= 11 is 13.0. The molecule has 0 spiro atoms. The van der Waals surface area contributed by atoms with Crippen molar-refractivity contribution < 1.29 is 0 Å². The normalized spacial score (nSPS) is 12.4. The van der Waals surface area contributed by atoms with E-state index in [4.69, 9.17) is 23.2 Å². The van der Waals surface area contributed by atoms with Gasteiger partial charge in [0.2, 0.25) is 4.96 Å². The predicted molar refractivity (Wildman–Crippen MR) is 72.4 cm³/mol. The lowest BCUT2D eigenvalue weighted by atomic mass is 10.2. The summed E-state index contributed by atoms with van der Waals surface area (Å²) in [6, 6.07) is 5.19. The van der Waals surface area contributed by atoms with Crippen LogP contribution < -0.4 is 10.1 Å². The molecule has 2 heterocycles. The molecule has 0 unspecified atom stereocenters. The molecule has 3 aromatic rings. The first kappa shape index (κ1) is 11.6. The van der Waals surface area contributed by atoms with Gasteiger partial charge in [-0.1, -0.05) is 40.6 Å². The molecule has 4 nitrogen and oxygen atoms in total. The summed E-state index contributed by atoms with van der Waals surface area (Å²) in [5.41, 5.74) is 0.629. The molecule has 0 saturated carbocycles. The SMILES string of the molecule is O=c1/c(=C\c2ccc(Cl)c(Cl)c2)sc2ncnn12. The summed E-state index contributed by atoms with van der Waals surface area (Å²) in [5, 5.41) is 4.79. The molecular weight excluding hydrogens is 293 g/mol. The Morgan fingerprint density at radius 1 is 1.28 bits per heavy atom. The topological polar surface area (TPSA) is 47.3 Å². The Labute approximate surface area is 115 Å². The Bertz CT molecular complexity index is 840. The van der Waals surface area contributed by atoms with Crippen LogP contribution in [-0.2, 0) is 0 Å². The lowest BCUT2D eigenvalue weighted by molar-refractivity contribution is 0.932. The highest BCUT2D eigenvalue weighted by Gasteiger charge is 2.05. The van der Waals surface area contributed by atoms with Gasteiger partial charge in [0.25, 0.3) is 5.56 Å². The van der Waals surface area contributed by atoms with Crippen LogP contribution in [0.2, 0.25) is 10.0 Å². The van der Waals surface area contributed by atoms with E-state index >= 15 is 0 Å². The van der Waals surface area contributed by atoms with Crippen LogP contribution in [0.5, 0.6) is 0 Å². The van der Waals surface area contributed by atoms with Crippen LogP contribution in [0.25, 0.3) is 11.0 Å². The van der Waals surface area contributed by atoms with Crippen LogP contribution in [0.15, 0.2) is 29.3 Å². The van der Waals surface area contributed by atoms with Crippen molar-refractivity contribution in [1.29, 1.82) is 0 Å². The first-order valence-electron chi connectivity index (χ1n) is 4.94. The van der Waals surface area contributed by atoms with Crippen molar-refractivity contribution in [2.75, 3.05) is 0 Å². The van der Waals surface area contributed by atoms with Gasteiger partial charge in [0, 0.05) is 0 Å². The van der Waals surface area contributed by atoms with Gasteiger partial charge in [-0.15, -0.1) is 0 Å². The average molecular weight is 298 g/mol. The van der Waals surface area contributed by atoms with Gasteiger partial charge < -0.3 is 0 Å². The number of hydrogen-bond donors (Lipinski definition) is 0. The minimum absolute atomic E-state index is 0.182. The second-order valence-corrected chi connectivity index (χ2v) is 5.37. The predicted octanol–water partition coefficient (Wildman–Crippen LogP) is 2.01. The summed E-state index contributed by atoms with van der Waals surface area (Å²) < 4.78 is 1.83.